The third-order valence-corrected chi connectivity index (χ3v) is 4.86. The number of pyridine rings is 1. The fraction of sp³-hybridized carbons (Fsp3) is 0.263. The Labute approximate surface area is 145 Å². The van der Waals surface area contributed by atoms with Crippen LogP contribution in [-0.2, 0) is 0 Å². The van der Waals surface area contributed by atoms with Crippen LogP contribution in [0.15, 0.2) is 53.2 Å². The molecule has 1 fully saturated rings. The van der Waals surface area contributed by atoms with Gasteiger partial charge in [0, 0.05) is 24.8 Å². The molecular formula is C19H19FN2OS. The zero-order valence-corrected chi connectivity index (χ0v) is 14.4. The fourth-order valence-corrected chi connectivity index (χ4v) is 3.38. The van der Waals surface area contributed by atoms with Crippen LogP contribution in [0.5, 0.6) is 0 Å². The number of benzene rings is 1. The molecule has 0 saturated carbocycles. The van der Waals surface area contributed by atoms with Gasteiger partial charge in [0.05, 0.1) is 5.56 Å². The smallest absolute Gasteiger partial charge is 0.256 e. The van der Waals surface area contributed by atoms with E-state index in [0.717, 1.165) is 17.9 Å². The molecule has 0 atom stereocenters. The third-order valence-electron chi connectivity index (χ3n) is 4.15. The van der Waals surface area contributed by atoms with Crippen molar-refractivity contribution in [2.24, 2.45) is 0 Å². The van der Waals surface area contributed by atoms with Gasteiger partial charge in [0.2, 0.25) is 0 Å². The zero-order chi connectivity index (χ0) is 16.9. The second kappa shape index (κ2) is 7.62. The van der Waals surface area contributed by atoms with Gasteiger partial charge in [-0.25, -0.2) is 9.37 Å². The van der Waals surface area contributed by atoms with E-state index >= 15 is 0 Å². The van der Waals surface area contributed by atoms with Gasteiger partial charge in [-0.2, -0.15) is 0 Å². The lowest BCUT2D eigenvalue weighted by atomic mass is 10.00. The van der Waals surface area contributed by atoms with Gasteiger partial charge in [0.15, 0.2) is 0 Å². The number of rotatable bonds is 3. The van der Waals surface area contributed by atoms with Crippen molar-refractivity contribution in [1.29, 1.82) is 0 Å². The highest BCUT2D eigenvalue weighted by molar-refractivity contribution is 7.98. The van der Waals surface area contributed by atoms with E-state index in [1.165, 1.54) is 23.4 Å². The van der Waals surface area contributed by atoms with Crippen LogP contribution in [0, 0.1) is 5.82 Å². The van der Waals surface area contributed by atoms with Gasteiger partial charge in [0.25, 0.3) is 5.91 Å². The van der Waals surface area contributed by atoms with Crippen LogP contribution >= 0.6 is 11.8 Å². The predicted molar refractivity (Wildman–Crippen MR) is 95.5 cm³/mol. The molecular weight excluding hydrogens is 323 g/mol. The first-order chi connectivity index (χ1) is 11.7. The molecule has 0 spiro atoms. The number of amides is 1. The van der Waals surface area contributed by atoms with Gasteiger partial charge in [0.1, 0.15) is 10.8 Å². The van der Waals surface area contributed by atoms with Gasteiger partial charge in [-0.3, -0.25) is 4.79 Å². The largest absolute Gasteiger partial charge is 0.338 e. The lowest BCUT2D eigenvalue weighted by molar-refractivity contribution is 0.0739. The number of aromatic nitrogens is 1. The summed E-state index contributed by atoms with van der Waals surface area (Å²) in [5.41, 5.74) is 2.45. The highest BCUT2D eigenvalue weighted by atomic mass is 32.2. The molecule has 2 aromatic rings. The van der Waals surface area contributed by atoms with Gasteiger partial charge < -0.3 is 4.90 Å². The Morgan fingerprint density at radius 1 is 1.21 bits per heavy atom. The maximum absolute atomic E-state index is 13.7. The van der Waals surface area contributed by atoms with Crippen molar-refractivity contribution >= 4 is 23.7 Å². The molecule has 3 rings (SSSR count). The van der Waals surface area contributed by atoms with Crippen LogP contribution in [0.3, 0.4) is 0 Å². The summed E-state index contributed by atoms with van der Waals surface area (Å²) in [5.74, 6) is -0.180. The van der Waals surface area contributed by atoms with Crippen LogP contribution < -0.4 is 0 Å². The number of carbonyl (C=O) groups is 1. The Hall–Kier alpha value is -2.14. The molecule has 1 aliphatic heterocycles. The number of hydrogen-bond donors (Lipinski definition) is 0. The maximum atomic E-state index is 13.7. The molecule has 2 heterocycles. The number of hydrogen-bond acceptors (Lipinski definition) is 3. The average Bonchev–Trinajstić information content (AvgIpc) is 2.63. The van der Waals surface area contributed by atoms with Crippen molar-refractivity contribution < 1.29 is 9.18 Å². The van der Waals surface area contributed by atoms with E-state index in [0.29, 0.717) is 24.2 Å². The summed E-state index contributed by atoms with van der Waals surface area (Å²) in [5, 5.41) is 0.759. The van der Waals surface area contributed by atoms with Crippen LogP contribution in [-0.4, -0.2) is 35.1 Å². The normalized spacial score (nSPS) is 14.6. The van der Waals surface area contributed by atoms with Gasteiger partial charge in [-0.1, -0.05) is 29.8 Å². The summed E-state index contributed by atoms with van der Waals surface area (Å²) in [4.78, 5) is 18.8. The Kier molecular flexibility index (Phi) is 5.30. The van der Waals surface area contributed by atoms with E-state index in [1.54, 1.807) is 24.4 Å². The minimum atomic E-state index is -0.205. The van der Waals surface area contributed by atoms with Gasteiger partial charge in [-0.15, -0.1) is 11.8 Å². The summed E-state index contributed by atoms with van der Waals surface area (Å²) in [6, 6.07) is 10.4. The van der Waals surface area contributed by atoms with E-state index in [1.807, 2.05) is 29.4 Å². The van der Waals surface area contributed by atoms with E-state index in [2.05, 4.69) is 4.98 Å². The molecule has 24 heavy (non-hydrogen) atoms. The lowest BCUT2D eigenvalue weighted by Gasteiger charge is -2.29. The lowest BCUT2D eigenvalue weighted by Crippen LogP contribution is -2.36. The van der Waals surface area contributed by atoms with Crippen LogP contribution in [0.2, 0.25) is 0 Å². The summed E-state index contributed by atoms with van der Waals surface area (Å²) in [6.45, 7) is 1.31. The number of nitrogens with zero attached hydrogens (tertiary/aromatic N) is 2. The van der Waals surface area contributed by atoms with E-state index in [9.17, 15) is 9.18 Å². The van der Waals surface area contributed by atoms with Crippen molar-refractivity contribution in [1.82, 2.24) is 9.88 Å². The standard InChI is InChI=1S/C19H19FN2OS/c1-24-18-16(6-4-10-21-18)19(23)22-11-8-14(9-12-22)13-15-5-2-3-7-17(15)20/h2-7,10,13H,8-9,11-12H2,1H3. The summed E-state index contributed by atoms with van der Waals surface area (Å²) in [7, 11) is 0. The number of carbonyl (C=O) groups excluding carboxylic acids is 1. The molecule has 1 aromatic heterocycles. The van der Waals surface area contributed by atoms with Gasteiger partial charge in [-0.05, 0) is 37.3 Å². The molecule has 3 nitrogen and oxygen atoms in total. The molecule has 0 bridgehead atoms. The molecule has 1 amide bonds. The molecule has 5 heteroatoms. The molecule has 0 unspecified atom stereocenters. The Morgan fingerprint density at radius 2 is 1.96 bits per heavy atom. The van der Waals surface area contributed by atoms with Gasteiger partial charge >= 0.3 is 0 Å². The number of halogens is 1. The minimum Gasteiger partial charge on any atom is -0.338 e. The molecule has 0 aliphatic carbocycles. The Morgan fingerprint density at radius 3 is 2.67 bits per heavy atom. The fourth-order valence-electron chi connectivity index (χ4n) is 2.84. The Bertz CT molecular complexity index is 765. The van der Waals surface area contributed by atoms with E-state index < -0.39 is 0 Å². The Balaban J connectivity index is 1.69. The molecule has 1 aliphatic rings. The number of likely N-dealkylation sites (tertiary alicyclic amines) is 1. The topological polar surface area (TPSA) is 33.2 Å². The van der Waals surface area contributed by atoms with Crippen LogP contribution in [0.4, 0.5) is 4.39 Å². The monoisotopic (exact) mass is 342 g/mol. The first-order valence-electron chi connectivity index (χ1n) is 7.91. The second-order valence-electron chi connectivity index (χ2n) is 5.68. The molecule has 124 valence electrons. The first-order valence-corrected chi connectivity index (χ1v) is 9.14. The molecule has 1 saturated heterocycles. The first kappa shape index (κ1) is 16.7. The van der Waals surface area contributed by atoms with E-state index in [4.69, 9.17) is 0 Å². The SMILES string of the molecule is CSc1ncccc1C(=O)N1CCC(=Cc2ccccc2F)CC1. The number of piperidine rings is 1. The highest BCUT2D eigenvalue weighted by Crippen LogP contribution is 2.24. The van der Waals surface area contributed by atoms with Crippen LogP contribution in [0.25, 0.3) is 6.08 Å². The number of thioether (sulfide) groups is 1. The van der Waals surface area contributed by atoms with Crippen LogP contribution in [0.1, 0.15) is 28.8 Å². The van der Waals surface area contributed by atoms with E-state index in [-0.39, 0.29) is 11.7 Å². The maximum Gasteiger partial charge on any atom is 0.256 e. The predicted octanol–water partition coefficient (Wildman–Crippen LogP) is 4.26. The molecule has 0 N–H and O–H groups in total. The summed E-state index contributed by atoms with van der Waals surface area (Å²) >= 11 is 1.48. The second-order valence-corrected chi connectivity index (χ2v) is 6.47. The minimum absolute atomic E-state index is 0.0254. The highest BCUT2D eigenvalue weighted by Gasteiger charge is 2.22. The summed E-state index contributed by atoms with van der Waals surface area (Å²) in [6.07, 6.45) is 7.08. The summed E-state index contributed by atoms with van der Waals surface area (Å²) < 4.78 is 13.7. The van der Waals surface area contributed by atoms with Crippen molar-refractivity contribution in [3.05, 3.63) is 65.1 Å². The van der Waals surface area contributed by atoms with Crippen molar-refractivity contribution in [2.45, 2.75) is 17.9 Å². The third kappa shape index (κ3) is 3.67. The van der Waals surface area contributed by atoms with Crippen molar-refractivity contribution in [3.8, 4) is 0 Å². The zero-order valence-electron chi connectivity index (χ0n) is 13.5. The average molecular weight is 342 g/mol. The molecule has 0 radical (unpaired) electrons. The quantitative estimate of drug-likeness (QED) is 0.781. The van der Waals surface area contributed by atoms with Crippen molar-refractivity contribution in [2.75, 3.05) is 19.3 Å². The van der Waals surface area contributed by atoms with Crippen molar-refractivity contribution in [3.63, 3.8) is 0 Å². The molecule has 1 aromatic carbocycles.